The first-order valence-corrected chi connectivity index (χ1v) is 16.4. The molecule has 0 bridgehead atoms. The molecular weight excluding hydrogens is 534 g/mol. The molecule has 4 rings (SSSR count). The number of hydrogen-bond donors (Lipinski definition) is 0. The summed E-state index contributed by atoms with van der Waals surface area (Å²) >= 11 is 0. The van der Waals surface area contributed by atoms with Gasteiger partial charge in [0.25, 0.3) is 8.32 Å². The summed E-state index contributed by atoms with van der Waals surface area (Å²) in [4.78, 5) is 28.6. The van der Waals surface area contributed by atoms with Gasteiger partial charge in [0.05, 0.1) is 31.3 Å². The van der Waals surface area contributed by atoms with Gasteiger partial charge < -0.3 is 13.9 Å². The Morgan fingerprint density at radius 1 is 0.732 bits per heavy atom. The zero-order valence-electron chi connectivity index (χ0n) is 26.3. The number of amides is 2. The van der Waals surface area contributed by atoms with Crippen molar-refractivity contribution in [3.8, 4) is 0 Å². The third-order valence-electron chi connectivity index (χ3n) is 7.70. The van der Waals surface area contributed by atoms with Crippen LogP contribution in [0.2, 0.25) is 5.04 Å². The van der Waals surface area contributed by atoms with Crippen molar-refractivity contribution in [1.29, 1.82) is 0 Å². The number of rotatable bonds is 4. The third-order valence-corrected chi connectivity index (χ3v) is 12.8. The van der Waals surface area contributed by atoms with E-state index in [1.54, 1.807) is 9.91 Å². The Morgan fingerprint density at radius 3 is 1.63 bits per heavy atom. The quantitative estimate of drug-likeness (QED) is 0.473. The number of likely N-dealkylation sites (N-methyl/N-ethyl adjacent to an activating group) is 1. The number of ether oxygens (including phenoxy) is 2. The summed E-state index contributed by atoms with van der Waals surface area (Å²) in [5.41, 5.74) is -1.30. The van der Waals surface area contributed by atoms with Crippen molar-refractivity contribution in [3.05, 3.63) is 60.7 Å². The highest BCUT2D eigenvalue weighted by molar-refractivity contribution is 6.99. The van der Waals surface area contributed by atoms with E-state index in [9.17, 15) is 9.59 Å². The monoisotopic (exact) mass is 581 g/mol. The van der Waals surface area contributed by atoms with Gasteiger partial charge in [-0.05, 0) is 57.0 Å². The molecule has 224 valence electrons. The van der Waals surface area contributed by atoms with Crippen LogP contribution >= 0.6 is 0 Å². The van der Waals surface area contributed by atoms with Gasteiger partial charge in [-0.25, -0.2) is 19.6 Å². The van der Waals surface area contributed by atoms with E-state index in [1.165, 1.54) is 0 Å². The van der Waals surface area contributed by atoms with Crippen LogP contribution in [-0.2, 0) is 13.9 Å². The minimum Gasteiger partial charge on any atom is -0.444 e. The lowest BCUT2D eigenvalue weighted by Gasteiger charge is -2.46. The van der Waals surface area contributed by atoms with Gasteiger partial charge in [0.1, 0.15) is 11.2 Å². The van der Waals surface area contributed by atoms with Gasteiger partial charge in [0, 0.05) is 7.05 Å². The number of carbonyl (C=O) groups is 2. The smallest absolute Gasteiger partial charge is 0.425 e. The maximum absolute atomic E-state index is 13.6. The highest BCUT2D eigenvalue weighted by Crippen LogP contribution is 2.41. The van der Waals surface area contributed by atoms with Crippen LogP contribution in [0, 0.1) is 0 Å². The van der Waals surface area contributed by atoms with Crippen molar-refractivity contribution in [2.24, 2.45) is 0 Å². The van der Waals surface area contributed by atoms with Gasteiger partial charge >= 0.3 is 12.2 Å². The van der Waals surface area contributed by atoms with Gasteiger partial charge in [-0.2, -0.15) is 0 Å². The van der Waals surface area contributed by atoms with E-state index < -0.39 is 31.7 Å². The first-order valence-electron chi connectivity index (χ1n) is 14.5. The lowest BCUT2D eigenvalue weighted by Crippen LogP contribution is -2.69. The molecule has 2 aliphatic rings. The van der Waals surface area contributed by atoms with Crippen LogP contribution in [0.4, 0.5) is 9.59 Å². The molecule has 9 heteroatoms. The number of nitrogens with zero attached hydrogens (tertiary/aromatic N) is 3. The average Bonchev–Trinajstić information content (AvgIpc) is 3.38. The van der Waals surface area contributed by atoms with Crippen LogP contribution < -0.4 is 10.4 Å². The predicted octanol–water partition coefficient (Wildman–Crippen LogP) is 5.02. The van der Waals surface area contributed by atoms with Gasteiger partial charge in [-0.3, -0.25) is 4.90 Å². The minimum atomic E-state index is -2.94. The van der Waals surface area contributed by atoms with Crippen molar-refractivity contribution >= 4 is 30.9 Å². The molecule has 0 N–H and O–H groups in total. The topological polar surface area (TPSA) is 71.6 Å². The lowest BCUT2D eigenvalue weighted by molar-refractivity contribution is -0.0407. The maximum Gasteiger partial charge on any atom is 0.425 e. The van der Waals surface area contributed by atoms with Crippen LogP contribution in [0.3, 0.4) is 0 Å². The predicted molar refractivity (Wildman–Crippen MR) is 164 cm³/mol. The fourth-order valence-corrected chi connectivity index (χ4v) is 10.8. The van der Waals surface area contributed by atoms with Gasteiger partial charge in [0.2, 0.25) is 0 Å². The van der Waals surface area contributed by atoms with Crippen molar-refractivity contribution in [2.45, 2.75) is 96.7 Å². The molecule has 2 aromatic carbocycles. The number of hydrogen-bond acceptors (Lipinski definition) is 6. The van der Waals surface area contributed by atoms with Crippen LogP contribution in [0.1, 0.15) is 62.3 Å². The molecular formula is C32H47N3O5Si. The Morgan fingerprint density at radius 2 is 1.20 bits per heavy atom. The van der Waals surface area contributed by atoms with Crippen molar-refractivity contribution in [1.82, 2.24) is 14.9 Å². The van der Waals surface area contributed by atoms with Gasteiger partial charge in [-0.15, -0.1) is 0 Å². The van der Waals surface area contributed by atoms with Gasteiger partial charge in [-0.1, -0.05) is 81.4 Å². The number of benzene rings is 2. The van der Waals surface area contributed by atoms with Crippen molar-refractivity contribution < 1.29 is 23.5 Å². The molecule has 2 heterocycles. The maximum atomic E-state index is 13.6. The fraction of sp³-hybridized carbons (Fsp3) is 0.562. The van der Waals surface area contributed by atoms with Crippen LogP contribution in [-0.4, -0.2) is 84.9 Å². The normalized spacial score (nSPS) is 22.0. The van der Waals surface area contributed by atoms with E-state index in [1.807, 2.05) is 65.7 Å². The van der Waals surface area contributed by atoms with Crippen molar-refractivity contribution in [2.75, 3.05) is 20.1 Å². The number of fused-ring (bicyclic) bond motifs is 1. The van der Waals surface area contributed by atoms with E-state index in [2.05, 4.69) is 69.3 Å². The van der Waals surface area contributed by atoms with Crippen LogP contribution in [0.15, 0.2) is 60.7 Å². The highest BCUT2D eigenvalue weighted by atomic mass is 28.4. The highest BCUT2D eigenvalue weighted by Gasteiger charge is 2.60. The second-order valence-electron chi connectivity index (χ2n) is 14.1. The Labute approximate surface area is 246 Å². The Bertz CT molecular complexity index is 1180. The van der Waals surface area contributed by atoms with E-state index in [-0.39, 0.29) is 23.2 Å². The summed E-state index contributed by atoms with van der Waals surface area (Å²) in [5.74, 6) is 0. The third kappa shape index (κ3) is 6.32. The van der Waals surface area contributed by atoms with Crippen molar-refractivity contribution in [3.63, 3.8) is 0 Å². The first kappa shape index (κ1) is 31.1. The molecule has 0 saturated carbocycles. The Kier molecular flexibility index (Phi) is 8.39. The fourth-order valence-electron chi connectivity index (χ4n) is 6.11. The molecule has 0 spiro atoms. The molecule has 2 aromatic rings. The van der Waals surface area contributed by atoms with Crippen LogP contribution in [0.5, 0.6) is 0 Å². The Balaban J connectivity index is 1.80. The molecule has 0 aliphatic carbocycles. The molecule has 2 amide bonds. The van der Waals surface area contributed by atoms with E-state index in [4.69, 9.17) is 13.9 Å². The molecule has 0 aromatic heterocycles. The summed E-state index contributed by atoms with van der Waals surface area (Å²) in [5, 5.41) is 5.59. The summed E-state index contributed by atoms with van der Waals surface area (Å²) in [6, 6.07) is 20.4. The second-order valence-corrected chi connectivity index (χ2v) is 18.4. The molecule has 8 nitrogen and oxygen atoms in total. The molecule has 41 heavy (non-hydrogen) atoms. The molecule has 3 unspecified atom stereocenters. The molecule has 2 saturated heterocycles. The zero-order chi connectivity index (χ0) is 30.4. The molecule has 2 fully saturated rings. The number of carbonyl (C=O) groups excluding carboxylic acids is 2. The summed E-state index contributed by atoms with van der Waals surface area (Å²) in [6.45, 7) is 18.5. The average molecular weight is 582 g/mol. The standard InChI is InChI=1S/C32H47N3O5Si/c1-30(2,3)38-28(36)34-22-26(27-25(34)21-35(33(27)10)29(37)39-31(4,5)6)40-41(32(7,8)9,23-17-13-11-14-18-23)24-19-15-12-16-20-24/h11-20,25-27H,21-22H2,1-10H3. The van der Waals surface area contributed by atoms with E-state index in [0.29, 0.717) is 13.1 Å². The summed E-state index contributed by atoms with van der Waals surface area (Å²) < 4.78 is 19.1. The second kappa shape index (κ2) is 11.1. The minimum absolute atomic E-state index is 0.243. The van der Waals surface area contributed by atoms with Crippen LogP contribution in [0.25, 0.3) is 0 Å². The summed E-state index contributed by atoms with van der Waals surface area (Å²) in [6.07, 6.45) is -1.22. The largest absolute Gasteiger partial charge is 0.444 e. The summed E-state index contributed by atoms with van der Waals surface area (Å²) in [7, 11) is -1.06. The van der Waals surface area contributed by atoms with E-state index >= 15 is 0 Å². The zero-order valence-corrected chi connectivity index (χ0v) is 27.3. The molecule has 0 radical (unpaired) electrons. The SMILES string of the molecule is CN1C2C(O[Si](c3ccccc3)(c3ccccc3)C(C)(C)C)CN(C(=O)OC(C)(C)C)C2CN1C(=O)OC(C)(C)C. The first-order chi connectivity index (χ1) is 18.9. The lowest BCUT2D eigenvalue weighted by atomic mass is 10.1. The van der Waals surface area contributed by atoms with Gasteiger partial charge in [0.15, 0.2) is 0 Å². The molecule has 2 aliphatic heterocycles. The number of likely N-dealkylation sites (tertiary alicyclic amines) is 1. The molecule has 3 atom stereocenters. The Hall–Kier alpha value is -2.88. The number of hydrazine groups is 1. The van der Waals surface area contributed by atoms with E-state index in [0.717, 1.165) is 10.4 Å².